The Hall–Kier alpha value is -2.28. The fourth-order valence-electron chi connectivity index (χ4n) is 2.20. The topological polar surface area (TPSA) is 56.7 Å². The molecule has 0 saturated carbocycles. The lowest BCUT2D eigenvalue weighted by atomic mass is 9.95. The molecule has 20 heavy (non-hydrogen) atoms. The minimum absolute atomic E-state index is 0.126. The van der Waals surface area contributed by atoms with Crippen molar-refractivity contribution in [1.82, 2.24) is 14.5 Å². The Balaban J connectivity index is 2.69. The summed E-state index contributed by atoms with van der Waals surface area (Å²) in [4.78, 5) is 8.90. The van der Waals surface area contributed by atoms with E-state index in [4.69, 9.17) is 17.1 Å². The van der Waals surface area contributed by atoms with Crippen LogP contribution in [0.15, 0.2) is 18.5 Å². The second-order valence-corrected chi connectivity index (χ2v) is 5.90. The molecule has 0 unspecified atom stereocenters. The molecule has 0 bridgehead atoms. The number of imidazole rings is 1. The third-order valence-electron chi connectivity index (χ3n) is 3.22. The van der Waals surface area contributed by atoms with Crippen molar-refractivity contribution in [2.24, 2.45) is 0 Å². The normalized spacial score (nSPS) is 11.3. The van der Waals surface area contributed by atoms with Crippen molar-refractivity contribution < 1.29 is 0 Å². The van der Waals surface area contributed by atoms with Gasteiger partial charge in [-0.2, -0.15) is 0 Å². The van der Waals surface area contributed by atoms with Crippen LogP contribution in [0.4, 0.5) is 5.82 Å². The average molecular weight is 268 g/mol. The van der Waals surface area contributed by atoms with Crippen molar-refractivity contribution in [3.63, 3.8) is 0 Å². The van der Waals surface area contributed by atoms with Gasteiger partial charge in [0, 0.05) is 23.4 Å². The van der Waals surface area contributed by atoms with Gasteiger partial charge in [0.05, 0.1) is 6.54 Å². The van der Waals surface area contributed by atoms with Gasteiger partial charge in [-0.1, -0.05) is 26.7 Å². The standard InChI is InChI=1S/C16H20N4/c1-6-9-20-14(17)13(19-15(20)16(3,4)5)12-10-18-8-7-11(12)2/h1,7-8,10H,9,17H2,2-5H3. The molecule has 0 saturated heterocycles. The Labute approximate surface area is 120 Å². The maximum absolute atomic E-state index is 6.26. The molecule has 2 heterocycles. The number of aromatic nitrogens is 3. The first-order chi connectivity index (χ1) is 9.36. The van der Waals surface area contributed by atoms with E-state index in [1.165, 1.54) is 0 Å². The predicted octanol–water partition coefficient (Wildman–Crippen LogP) is 2.77. The van der Waals surface area contributed by atoms with E-state index < -0.39 is 0 Å². The number of anilines is 1. The van der Waals surface area contributed by atoms with Crippen LogP contribution in [0.5, 0.6) is 0 Å². The van der Waals surface area contributed by atoms with Crippen LogP contribution in [0.1, 0.15) is 32.2 Å². The highest BCUT2D eigenvalue weighted by atomic mass is 15.1. The summed E-state index contributed by atoms with van der Waals surface area (Å²) in [6, 6.07) is 1.95. The molecular formula is C16H20N4. The zero-order valence-corrected chi connectivity index (χ0v) is 12.4. The molecular weight excluding hydrogens is 248 g/mol. The van der Waals surface area contributed by atoms with Crippen molar-refractivity contribution in [2.45, 2.75) is 39.7 Å². The third kappa shape index (κ3) is 2.39. The minimum Gasteiger partial charge on any atom is -0.383 e. The molecule has 0 radical (unpaired) electrons. The Morgan fingerprint density at radius 3 is 2.65 bits per heavy atom. The fraction of sp³-hybridized carbons (Fsp3) is 0.375. The molecule has 104 valence electrons. The van der Waals surface area contributed by atoms with Crippen molar-refractivity contribution in [1.29, 1.82) is 0 Å². The zero-order valence-electron chi connectivity index (χ0n) is 12.4. The lowest BCUT2D eigenvalue weighted by molar-refractivity contribution is 0.517. The van der Waals surface area contributed by atoms with Crippen molar-refractivity contribution >= 4 is 5.82 Å². The summed E-state index contributed by atoms with van der Waals surface area (Å²) >= 11 is 0. The van der Waals surface area contributed by atoms with Crippen LogP contribution in [-0.2, 0) is 12.0 Å². The first kappa shape index (κ1) is 14.1. The molecule has 0 fully saturated rings. The fourth-order valence-corrected chi connectivity index (χ4v) is 2.20. The monoisotopic (exact) mass is 268 g/mol. The van der Waals surface area contributed by atoms with Crippen LogP contribution < -0.4 is 5.73 Å². The minimum atomic E-state index is -0.126. The maximum atomic E-state index is 6.26. The van der Waals surface area contributed by atoms with Gasteiger partial charge < -0.3 is 10.3 Å². The highest BCUT2D eigenvalue weighted by Gasteiger charge is 2.25. The summed E-state index contributed by atoms with van der Waals surface area (Å²) in [5.74, 6) is 4.14. The predicted molar refractivity (Wildman–Crippen MR) is 82.1 cm³/mol. The molecule has 4 heteroatoms. The van der Waals surface area contributed by atoms with Crippen LogP contribution >= 0.6 is 0 Å². The number of nitrogens with zero attached hydrogens (tertiary/aromatic N) is 3. The quantitative estimate of drug-likeness (QED) is 0.852. The van der Waals surface area contributed by atoms with E-state index in [1.54, 1.807) is 12.4 Å². The Morgan fingerprint density at radius 1 is 1.40 bits per heavy atom. The number of aryl methyl sites for hydroxylation is 1. The summed E-state index contributed by atoms with van der Waals surface area (Å²) in [5.41, 5.74) is 8.94. The highest BCUT2D eigenvalue weighted by molar-refractivity contribution is 5.73. The molecule has 4 nitrogen and oxygen atoms in total. The zero-order chi connectivity index (χ0) is 14.9. The molecule has 0 amide bonds. The molecule has 0 atom stereocenters. The van der Waals surface area contributed by atoms with Gasteiger partial charge in [-0.15, -0.1) is 6.42 Å². The van der Waals surface area contributed by atoms with Gasteiger partial charge in [-0.3, -0.25) is 4.98 Å². The van der Waals surface area contributed by atoms with Crippen molar-refractivity contribution in [3.8, 4) is 23.6 Å². The van der Waals surface area contributed by atoms with Crippen LogP contribution in [0.3, 0.4) is 0 Å². The van der Waals surface area contributed by atoms with E-state index in [2.05, 4.69) is 31.7 Å². The second-order valence-electron chi connectivity index (χ2n) is 5.90. The first-order valence-electron chi connectivity index (χ1n) is 6.57. The van der Waals surface area contributed by atoms with E-state index in [9.17, 15) is 0 Å². The third-order valence-corrected chi connectivity index (χ3v) is 3.22. The molecule has 0 aliphatic carbocycles. The average Bonchev–Trinajstić information content (AvgIpc) is 2.68. The van der Waals surface area contributed by atoms with Gasteiger partial charge >= 0.3 is 0 Å². The van der Waals surface area contributed by atoms with Crippen LogP contribution in [0.25, 0.3) is 11.3 Å². The van der Waals surface area contributed by atoms with E-state index in [0.29, 0.717) is 12.4 Å². The molecule has 2 aromatic heterocycles. The molecule has 0 spiro atoms. The lowest BCUT2D eigenvalue weighted by Gasteiger charge is -2.18. The molecule has 2 rings (SSSR count). The van der Waals surface area contributed by atoms with Gasteiger partial charge in [-0.05, 0) is 18.6 Å². The van der Waals surface area contributed by atoms with E-state index in [1.807, 2.05) is 17.6 Å². The van der Waals surface area contributed by atoms with E-state index >= 15 is 0 Å². The smallest absolute Gasteiger partial charge is 0.132 e. The van der Waals surface area contributed by atoms with E-state index in [-0.39, 0.29) is 5.41 Å². The second kappa shape index (κ2) is 5.01. The summed E-state index contributed by atoms with van der Waals surface area (Å²) < 4.78 is 1.90. The number of nitrogen functional groups attached to an aromatic ring is 1. The molecule has 2 N–H and O–H groups in total. The summed E-state index contributed by atoms with van der Waals surface area (Å²) in [6.07, 6.45) is 9.01. The van der Waals surface area contributed by atoms with Gasteiger partial charge in [0.15, 0.2) is 0 Å². The van der Waals surface area contributed by atoms with E-state index in [0.717, 1.165) is 22.6 Å². The Kier molecular flexibility index (Phi) is 3.54. The summed E-state index contributed by atoms with van der Waals surface area (Å²) in [7, 11) is 0. The van der Waals surface area contributed by atoms with Gasteiger partial charge in [0.1, 0.15) is 17.3 Å². The summed E-state index contributed by atoms with van der Waals surface area (Å²) in [6.45, 7) is 8.74. The Bertz CT molecular complexity index is 669. The number of nitrogens with two attached hydrogens (primary N) is 1. The number of pyridine rings is 1. The lowest BCUT2D eigenvalue weighted by Crippen LogP contribution is -2.19. The number of terminal acetylenes is 1. The Morgan fingerprint density at radius 2 is 2.10 bits per heavy atom. The SMILES string of the molecule is C#CCn1c(C(C)(C)C)nc(-c2cnccc2C)c1N. The van der Waals surface area contributed by atoms with Gasteiger partial charge in [-0.25, -0.2) is 4.98 Å². The molecule has 0 aromatic carbocycles. The van der Waals surface area contributed by atoms with Crippen molar-refractivity contribution in [2.75, 3.05) is 5.73 Å². The molecule has 2 aromatic rings. The number of hydrogen-bond acceptors (Lipinski definition) is 3. The number of rotatable bonds is 2. The molecule has 0 aliphatic heterocycles. The largest absolute Gasteiger partial charge is 0.383 e. The first-order valence-corrected chi connectivity index (χ1v) is 6.57. The summed E-state index contributed by atoms with van der Waals surface area (Å²) in [5, 5.41) is 0. The number of hydrogen-bond donors (Lipinski definition) is 1. The van der Waals surface area contributed by atoms with Gasteiger partial charge in [0.25, 0.3) is 0 Å². The van der Waals surface area contributed by atoms with Crippen LogP contribution in [0.2, 0.25) is 0 Å². The van der Waals surface area contributed by atoms with Crippen LogP contribution in [-0.4, -0.2) is 14.5 Å². The highest BCUT2D eigenvalue weighted by Crippen LogP contribution is 2.32. The van der Waals surface area contributed by atoms with Crippen molar-refractivity contribution in [3.05, 3.63) is 29.8 Å². The maximum Gasteiger partial charge on any atom is 0.132 e. The molecule has 0 aliphatic rings. The van der Waals surface area contributed by atoms with Crippen LogP contribution in [0, 0.1) is 19.3 Å². The van der Waals surface area contributed by atoms with Gasteiger partial charge in [0.2, 0.25) is 0 Å².